The van der Waals surface area contributed by atoms with E-state index < -0.39 is 10.1 Å². The summed E-state index contributed by atoms with van der Waals surface area (Å²) in [5, 5.41) is 3.59. The summed E-state index contributed by atoms with van der Waals surface area (Å²) in [6, 6.07) is 5.56. The van der Waals surface area contributed by atoms with Crippen LogP contribution in [0.1, 0.15) is 95.7 Å². The lowest BCUT2D eigenvalue weighted by atomic mass is 9.95. The third-order valence-corrected chi connectivity index (χ3v) is 7.66. The first-order chi connectivity index (χ1) is 18.1. The number of anilines is 1. The van der Waals surface area contributed by atoms with E-state index in [1.165, 1.54) is 64.4 Å². The average molecular weight is 550 g/mol. The highest BCUT2D eigenvalue weighted by Crippen LogP contribution is 2.34. The summed E-state index contributed by atoms with van der Waals surface area (Å²) in [4.78, 5) is 17.9. The second-order valence-corrected chi connectivity index (χ2v) is 11.7. The zero-order valence-corrected chi connectivity index (χ0v) is 24.1. The topological polar surface area (TPSA) is 99.6 Å². The Morgan fingerprint density at radius 1 is 1.03 bits per heavy atom. The predicted molar refractivity (Wildman–Crippen MR) is 152 cm³/mol. The van der Waals surface area contributed by atoms with Crippen LogP contribution in [0.2, 0.25) is 0 Å². The van der Waals surface area contributed by atoms with Crippen LogP contribution in [0.25, 0.3) is 11.1 Å². The summed E-state index contributed by atoms with van der Waals surface area (Å²) in [7, 11) is -1.95. The standard InChI is InChI=1S/C27H38FN3O.C2H6O3S/c1-4-5-6-7-8-9-10-11-14-30-20(2)22-15-23(19-29-18-22)24-16-21-12-13-27(32)31(3)26(21)17-25(24)28;1-2-6(3,4)5/h15-20,30H,4-14H2,1-3H3;2H2,1H3,(H,3,4,5). The first-order valence-electron chi connectivity index (χ1n) is 13.8. The summed E-state index contributed by atoms with van der Waals surface area (Å²) in [5.41, 5.74) is 4.08. The van der Waals surface area contributed by atoms with Gasteiger partial charge < -0.3 is 10.2 Å². The lowest BCUT2D eigenvalue weighted by molar-refractivity contribution is -0.118. The number of rotatable bonds is 13. The van der Waals surface area contributed by atoms with E-state index in [1.54, 1.807) is 18.1 Å². The molecule has 7 nitrogen and oxygen atoms in total. The number of aromatic nitrogens is 1. The van der Waals surface area contributed by atoms with Crippen molar-refractivity contribution in [2.75, 3.05) is 24.2 Å². The maximum atomic E-state index is 14.9. The molecule has 0 radical (unpaired) electrons. The van der Waals surface area contributed by atoms with Crippen LogP contribution in [-0.4, -0.2) is 43.2 Å². The lowest BCUT2D eigenvalue weighted by Crippen LogP contribution is -2.31. The van der Waals surface area contributed by atoms with E-state index in [4.69, 9.17) is 4.55 Å². The van der Waals surface area contributed by atoms with Gasteiger partial charge in [0.1, 0.15) is 5.82 Å². The van der Waals surface area contributed by atoms with E-state index in [0.29, 0.717) is 24.1 Å². The number of aryl methyl sites for hydroxylation is 1. The van der Waals surface area contributed by atoms with Crippen LogP contribution in [0.15, 0.2) is 30.6 Å². The molecule has 212 valence electrons. The van der Waals surface area contributed by atoms with Crippen molar-refractivity contribution in [2.24, 2.45) is 0 Å². The minimum atomic E-state index is -3.66. The Balaban J connectivity index is 0.000000757. The number of carbonyl (C=O) groups is 1. The Hall–Kier alpha value is -2.36. The molecule has 0 fully saturated rings. The van der Waals surface area contributed by atoms with Crippen LogP contribution in [0, 0.1) is 5.82 Å². The number of halogens is 1. The van der Waals surface area contributed by atoms with E-state index in [9.17, 15) is 17.6 Å². The monoisotopic (exact) mass is 549 g/mol. The minimum absolute atomic E-state index is 0.0321. The SMILES string of the molecule is CCCCCCCCCCNC(C)c1cncc(-c2cc3c(cc2F)N(C)C(=O)CC3)c1.CCS(=O)(=O)O. The summed E-state index contributed by atoms with van der Waals surface area (Å²) >= 11 is 0. The quantitative estimate of drug-likeness (QED) is 0.219. The highest BCUT2D eigenvalue weighted by Gasteiger charge is 2.23. The predicted octanol–water partition coefficient (Wildman–Crippen LogP) is 6.48. The first-order valence-corrected chi connectivity index (χ1v) is 15.4. The fourth-order valence-corrected chi connectivity index (χ4v) is 4.42. The molecule has 9 heteroatoms. The number of carbonyl (C=O) groups excluding carboxylic acids is 1. The average Bonchev–Trinajstić information content (AvgIpc) is 2.90. The van der Waals surface area contributed by atoms with Crippen molar-refractivity contribution in [2.45, 2.75) is 91.0 Å². The number of hydrogen-bond acceptors (Lipinski definition) is 5. The molecule has 2 aromatic rings. The molecule has 2 heterocycles. The van der Waals surface area contributed by atoms with Gasteiger partial charge in [0, 0.05) is 48.7 Å². The van der Waals surface area contributed by atoms with Gasteiger partial charge in [-0.3, -0.25) is 14.3 Å². The van der Waals surface area contributed by atoms with Crippen LogP contribution in [0.3, 0.4) is 0 Å². The van der Waals surface area contributed by atoms with Crippen molar-refractivity contribution < 1.29 is 22.2 Å². The van der Waals surface area contributed by atoms with Crippen molar-refractivity contribution in [3.8, 4) is 11.1 Å². The fraction of sp³-hybridized carbons (Fsp3) is 0.586. The van der Waals surface area contributed by atoms with Crippen LogP contribution in [0.4, 0.5) is 10.1 Å². The molecule has 38 heavy (non-hydrogen) atoms. The molecule has 1 atom stereocenters. The molecule has 3 rings (SSSR count). The number of fused-ring (bicyclic) bond motifs is 1. The van der Waals surface area contributed by atoms with E-state index in [2.05, 4.69) is 24.1 Å². The Morgan fingerprint density at radius 2 is 1.66 bits per heavy atom. The van der Waals surface area contributed by atoms with Gasteiger partial charge in [0.15, 0.2) is 0 Å². The maximum Gasteiger partial charge on any atom is 0.264 e. The molecule has 1 aromatic carbocycles. The second-order valence-electron chi connectivity index (χ2n) is 9.94. The van der Waals surface area contributed by atoms with Crippen LogP contribution < -0.4 is 10.2 Å². The number of nitrogens with zero attached hydrogens (tertiary/aromatic N) is 2. The van der Waals surface area contributed by atoms with Crippen molar-refractivity contribution in [1.29, 1.82) is 0 Å². The summed E-state index contributed by atoms with van der Waals surface area (Å²) < 4.78 is 41.8. The largest absolute Gasteiger partial charge is 0.315 e. The lowest BCUT2D eigenvalue weighted by Gasteiger charge is -2.26. The van der Waals surface area contributed by atoms with E-state index in [1.807, 2.05) is 18.3 Å². The van der Waals surface area contributed by atoms with Crippen LogP contribution >= 0.6 is 0 Å². The summed E-state index contributed by atoms with van der Waals surface area (Å²) in [5.74, 6) is -0.485. The smallest absolute Gasteiger partial charge is 0.264 e. The number of nitrogens with one attached hydrogen (secondary N) is 1. The fourth-order valence-electron chi connectivity index (χ4n) is 4.42. The third kappa shape index (κ3) is 10.4. The van der Waals surface area contributed by atoms with E-state index >= 15 is 0 Å². The van der Waals surface area contributed by atoms with Crippen molar-refractivity contribution >= 4 is 21.7 Å². The summed E-state index contributed by atoms with van der Waals surface area (Å²) in [6.07, 6.45) is 15.2. The van der Waals surface area contributed by atoms with Gasteiger partial charge in [0.2, 0.25) is 5.91 Å². The Kier molecular flexibility index (Phi) is 13.3. The molecular formula is C29H44FN3O4S. The van der Waals surface area contributed by atoms with E-state index in [0.717, 1.165) is 23.2 Å². The molecule has 0 bridgehead atoms. The highest BCUT2D eigenvalue weighted by molar-refractivity contribution is 7.85. The number of amides is 1. The maximum absolute atomic E-state index is 14.9. The van der Waals surface area contributed by atoms with Crippen molar-refractivity contribution in [1.82, 2.24) is 10.3 Å². The molecule has 0 aliphatic carbocycles. The van der Waals surface area contributed by atoms with Crippen molar-refractivity contribution in [3.63, 3.8) is 0 Å². The zero-order valence-electron chi connectivity index (χ0n) is 23.3. The van der Waals surface area contributed by atoms with Crippen LogP contribution in [0.5, 0.6) is 0 Å². The molecule has 1 amide bonds. The van der Waals surface area contributed by atoms with Crippen LogP contribution in [-0.2, 0) is 21.3 Å². The molecular weight excluding hydrogens is 505 g/mol. The minimum Gasteiger partial charge on any atom is -0.315 e. The van der Waals surface area contributed by atoms with Gasteiger partial charge in [-0.2, -0.15) is 8.42 Å². The molecule has 1 aliphatic heterocycles. The molecule has 1 aliphatic rings. The molecule has 0 saturated heterocycles. The van der Waals surface area contributed by atoms with Gasteiger partial charge in [-0.15, -0.1) is 0 Å². The summed E-state index contributed by atoms with van der Waals surface area (Å²) in [6.45, 7) is 6.74. The first kappa shape index (κ1) is 31.9. The Bertz CT molecular complexity index is 1140. The van der Waals surface area contributed by atoms with Gasteiger partial charge in [-0.1, -0.05) is 51.9 Å². The van der Waals surface area contributed by atoms with E-state index in [-0.39, 0.29) is 23.5 Å². The Morgan fingerprint density at radius 3 is 2.29 bits per heavy atom. The number of unbranched alkanes of at least 4 members (excludes halogenated alkanes) is 7. The molecule has 2 N–H and O–H groups in total. The van der Waals surface area contributed by atoms with Crippen molar-refractivity contribution in [3.05, 3.63) is 47.5 Å². The highest BCUT2D eigenvalue weighted by atomic mass is 32.2. The number of hydrogen-bond donors (Lipinski definition) is 2. The molecule has 1 aromatic heterocycles. The van der Waals surface area contributed by atoms with Gasteiger partial charge in [-0.25, -0.2) is 4.39 Å². The normalized spacial score (nSPS) is 14.1. The van der Waals surface area contributed by atoms with Gasteiger partial charge in [0.25, 0.3) is 10.1 Å². The Labute approximate surface area is 228 Å². The number of benzene rings is 1. The molecule has 0 spiro atoms. The molecule has 1 unspecified atom stereocenters. The third-order valence-electron chi connectivity index (χ3n) is 6.93. The van der Waals surface area contributed by atoms with Gasteiger partial charge >= 0.3 is 0 Å². The van der Waals surface area contributed by atoms with Gasteiger partial charge in [0.05, 0.1) is 5.75 Å². The zero-order chi connectivity index (χ0) is 28.1. The van der Waals surface area contributed by atoms with Gasteiger partial charge in [-0.05, 0) is 62.6 Å². The molecule has 0 saturated carbocycles. The number of pyridine rings is 1. The second kappa shape index (κ2) is 15.9.